The number of nitriles is 1. The molecule has 0 spiro atoms. The highest BCUT2D eigenvalue weighted by atomic mass is 32.1. The summed E-state index contributed by atoms with van der Waals surface area (Å²) in [6.45, 7) is 0. The number of aromatic nitrogens is 1. The molecule has 9 heteroatoms. The lowest BCUT2D eigenvalue weighted by Crippen LogP contribution is -2.43. The van der Waals surface area contributed by atoms with Gasteiger partial charge < -0.3 is 10.2 Å². The van der Waals surface area contributed by atoms with Crippen LogP contribution in [0.4, 0.5) is 18.9 Å². The van der Waals surface area contributed by atoms with Gasteiger partial charge in [-0.25, -0.2) is 4.98 Å². The van der Waals surface area contributed by atoms with Crippen LogP contribution in [0.1, 0.15) is 47.2 Å². The number of nitrogens with one attached hydrogen (secondary N) is 1. The second kappa shape index (κ2) is 8.79. The number of halogens is 3. The number of benzene rings is 2. The van der Waals surface area contributed by atoms with Crippen LogP contribution >= 0.6 is 11.3 Å². The highest BCUT2D eigenvalue weighted by Gasteiger charge is 2.35. The smallest absolute Gasteiger partial charge is 0.372 e. The zero-order valence-corrected chi connectivity index (χ0v) is 18.1. The van der Waals surface area contributed by atoms with E-state index in [0.29, 0.717) is 11.3 Å². The van der Waals surface area contributed by atoms with Crippen molar-refractivity contribution in [3.63, 3.8) is 0 Å². The number of hydrogen-bond acceptors (Lipinski definition) is 5. The summed E-state index contributed by atoms with van der Waals surface area (Å²) < 4.78 is 40.8. The molecule has 0 radical (unpaired) electrons. The first-order valence-electron chi connectivity index (χ1n) is 10.2. The molecule has 1 amide bonds. The average molecular weight is 459 g/mol. The number of nitrogens with zero attached hydrogens (tertiary/aromatic N) is 3. The zero-order valence-electron chi connectivity index (χ0n) is 17.3. The van der Waals surface area contributed by atoms with Crippen molar-refractivity contribution in [3.8, 4) is 6.07 Å². The minimum absolute atomic E-state index is 0.0158. The molecule has 3 aromatic rings. The van der Waals surface area contributed by atoms with Crippen LogP contribution in [0, 0.1) is 11.3 Å². The van der Waals surface area contributed by atoms with Gasteiger partial charge >= 0.3 is 6.18 Å². The molecule has 5 nitrogen and oxygen atoms in total. The first-order chi connectivity index (χ1) is 15.3. The van der Waals surface area contributed by atoms with Gasteiger partial charge in [0, 0.05) is 24.8 Å². The Hall–Kier alpha value is -3.12. The van der Waals surface area contributed by atoms with Crippen molar-refractivity contribution in [2.24, 2.45) is 0 Å². The largest absolute Gasteiger partial charge is 0.417 e. The Morgan fingerprint density at radius 2 is 1.97 bits per heavy atom. The van der Waals surface area contributed by atoms with Crippen molar-refractivity contribution < 1.29 is 18.0 Å². The van der Waals surface area contributed by atoms with Crippen LogP contribution in [0.5, 0.6) is 0 Å². The maximum Gasteiger partial charge on any atom is 0.417 e. The summed E-state index contributed by atoms with van der Waals surface area (Å²) in [6, 6.07) is 11.0. The van der Waals surface area contributed by atoms with Crippen molar-refractivity contribution in [1.82, 2.24) is 10.3 Å². The fraction of sp³-hybridized carbons (Fsp3) is 0.348. The van der Waals surface area contributed by atoms with Crippen LogP contribution in [0.25, 0.3) is 10.2 Å². The van der Waals surface area contributed by atoms with Crippen LogP contribution < -0.4 is 10.2 Å². The third-order valence-electron chi connectivity index (χ3n) is 6.02. The van der Waals surface area contributed by atoms with Gasteiger partial charge in [0.05, 0.1) is 38.5 Å². The van der Waals surface area contributed by atoms with Gasteiger partial charge in [0.15, 0.2) is 0 Å². The number of anilines is 1. The lowest BCUT2D eigenvalue weighted by molar-refractivity contribution is -0.137. The lowest BCUT2D eigenvalue weighted by Gasteiger charge is -2.36. The molecule has 0 aliphatic heterocycles. The topological polar surface area (TPSA) is 69.0 Å². The Morgan fingerprint density at radius 1 is 1.22 bits per heavy atom. The molecule has 32 heavy (non-hydrogen) atoms. The van der Waals surface area contributed by atoms with Gasteiger partial charge in [0.25, 0.3) is 5.91 Å². The van der Waals surface area contributed by atoms with Crippen molar-refractivity contribution in [2.75, 3.05) is 11.9 Å². The maximum absolute atomic E-state index is 13.3. The molecule has 0 unspecified atom stereocenters. The van der Waals surface area contributed by atoms with Crippen LogP contribution in [0.2, 0.25) is 0 Å². The van der Waals surface area contributed by atoms with Gasteiger partial charge in [0.2, 0.25) is 0 Å². The Bertz CT molecular complexity index is 1180. The molecular formula is C23H21F3N4OS. The molecule has 1 heterocycles. The lowest BCUT2D eigenvalue weighted by atomic mass is 9.89. The van der Waals surface area contributed by atoms with E-state index in [0.717, 1.165) is 42.0 Å². The SMILES string of the molecule is CN(c1ccc(C#N)c(C(F)(F)F)c1)C1CCC(NC(=O)c2cccc3ncsc23)CC1. The standard InChI is InChI=1S/C23H21F3N4OS/c1-30(17-8-5-14(12-27)19(11-17)23(24,25)26)16-9-6-15(7-10-16)29-22(31)18-3-2-4-20-21(18)32-13-28-20/h2-5,8,11,13,15-16H,6-7,9-10H2,1H3,(H,29,31). The number of rotatable bonds is 4. The molecule has 1 aliphatic rings. The first-order valence-corrected chi connectivity index (χ1v) is 11.1. The third kappa shape index (κ3) is 4.41. The average Bonchev–Trinajstić information content (AvgIpc) is 3.27. The summed E-state index contributed by atoms with van der Waals surface area (Å²) in [6.07, 6.45) is -1.62. The van der Waals surface area contributed by atoms with E-state index < -0.39 is 11.7 Å². The van der Waals surface area contributed by atoms with Crippen LogP contribution in [0.15, 0.2) is 41.9 Å². The highest BCUT2D eigenvalue weighted by molar-refractivity contribution is 7.17. The summed E-state index contributed by atoms with van der Waals surface area (Å²) in [5, 5.41) is 12.1. The number of carbonyl (C=O) groups excluding carboxylic acids is 1. The predicted molar refractivity (Wildman–Crippen MR) is 118 cm³/mol. The first kappa shape index (κ1) is 22.1. The molecule has 0 atom stereocenters. The summed E-state index contributed by atoms with van der Waals surface area (Å²) in [5.74, 6) is -0.126. The molecule has 1 aromatic heterocycles. The van der Waals surface area contributed by atoms with Gasteiger partial charge in [-0.2, -0.15) is 18.4 Å². The Labute approximate surface area is 187 Å². The quantitative estimate of drug-likeness (QED) is 0.571. The van der Waals surface area contributed by atoms with E-state index in [1.54, 1.807) is 30.8 Å². The minimum atomic E-state index is -4.58. The third-order valence-corrected chi connectivity index (χ3v) is 6.89. The summed E-state index contributed by atoms with van der Waals surface area (Å²) in [7, 11) is 1.77. The second-order valence-electron chi connectivity index (χ2n) is 7.94. The highest BCUT2D eigenvalue weighted by Crippen LogP contribution is 2.35. The van der Waals surface area contributed by atoms with E-state index >= 15 is 0 Å². The zero-order chi connectivity index (χ0) is 22.9. The number of hydrogen-bond donors (Lipinski definition) is 1. The van der Waals surface area contributed by atoms with E-state index in [-0.39, 0.29) is 23.6 Å². The van der Waals surface area contributed by atoms with Crippen molar-refractivity contribution in [3.05, 3.63) is 58.6 Å². The monoisotopic (exact) mass is 458 g/mol. The summed E-state index contributed by atoms with van der Waals surface area (Å²) in [5.41, 5.74) is 2.27. The van der Waals surface area contributed by atoms with Gasteiger partial charge in [-0.05, 0) is 56.0 Å². The number of thiazole rings is 1. The molecule has 0 bridgehead atoms. The van der Waals surface area contributed by atoms with Crippen molar-refractivity contribution in [2.45, 2.75) is 43.9 Å². The fourth-order valence-electron chi connectivity index (χ4n) is 4.23. The Balaban J connectivity index is 1.40. The van der Waals surface area contributed by atoms with E-state index in [9.17, 15) is 18.0 Å². The molecule has 1 N–H and O–H groups in total. The molecule has 4 rings (SSSR count). The van der Waals surface area contributed by atoms with Gasteiger partial charge in [0.1, 0.15) is 0 Å². The van der Waals surface area contributed by atoms with Crippen molar-refractivity contribution in [1.29, 1.82) is 5.26 Å². The van der Waals surface area contributed by atoms with Crippen LogP contribution in [0.3, 0.4) is 0 Å². The molecule has 2 aromatic carbocycles. The molecule has 1 saturated carbocycles. The number of alkyl halides is 3. The molecule has 166 valence electrons. The maximum atomic E-state index is 13.3. The fourth-order valence-corrected chi connectivity index (χ4v) is 5.03. The van der Waals surface area contributed by atoms with E-state index in [2.05, 4.69) is 10.3 Å². The van der Waals surface area contributed by atoms with E-state index in [4.69, 9.17) is 5.26 Å². The molecule has 0 saturated heterocycles. The molecular weight excluding hydrogens is 437 g/mol. The Kier molecular flexibility index (Phi) is 6.07. The summed E-state index contributed by atoms with van der Waals surface area (Å²) >= 11 is 1.43. The minimum Gasteiger partial charge on any atom is -0.372 e. The van der Waals surface area contributed by atoms with Gasteiger partial charge in [-0.15, -0.1) is 11.3 Å². The van der Waals surface area contributed by atoms with Gasteiger partial charge in [-0.3, -0.25) is 4.79 Å². The predicted octanol–water partition coefficient (Wildman–Crippen LogP) is 5.36. The van der Waals surface area contributed by atoms with Gasteiger partial charge in [-0.1, -0.05) is 6.07 Å². The second-order valence-corrected chi connectivity index (χ2v) is 8.79. The van der Waals surface area contributed by atoms with Crippen LogP contribution in [-0.2, 0) is 6.18 Å². The number of carbonyl (C=O) groups is 1. The number of fused-ring (bicyclic) bond motifs is 1. The normalized spacial score (nSPS) is 18.8. The van der Waals surface area contributed by atoms with E-state index in [1.807, 2.05) is 17.0 Å². The molecule has 1 aliphatic carbocycles. The number of amides is 1. The van der Waals surface area contributed by atoms with E-state index in [1.165, 1.54) is 17.4 Å². The molecule has 1 fully saturated rings. The Morgan fingerprint density at radius 3 is 2.66 bits per heavy atom. The summed E-state index contributed by atoms with van der Waals surface area (Å²) in [4.78, 5) is 18.9. The van der Waals surface area contributed by atoms with Crippen LogP contribution in [-0.4, -0.2) is 30.0 Å². The van der Waals surface area contributed by atoms with Crippen molar-refractivity contribution >= 4 is 33.1 Å².